The number of nitrogens with one attached hydrogen (secondary N) is 2. The molecule has 0 unspecified atom stereocenters. The molecular formula is C25H28N2O6S. The predicted octanol–water partition coefficient (Wildman–Crippen LogP) is 3.44. The smallest absolute Gasteiger partial charge is 0.258 e. The maximum Gasteiger partial charge on any atom is 0.258 e. The number of hydrogen-bond donors (Lipinski definition) is 2. The Hall–Kier alpha value is -3.56. The maximum atomic E-state index is 12.5. The number of sulfonamides is 1. The van der Waals surface area contributed by atoms with E-state index in [1.165, 1.54) is 24.3 Å². The second-order valence-electron chi connectivity index (χ2n) is 7.47. The Balaban J connectivity index is 1.52. The number of benzene rings is 3. The summed E-state index contributed by atoms with van der Waals surface area (Å²) in [6, 6.07) is 20.3. The normalized spacial score (nSPS) is 12.0. The van der Waals surface area contributed by atoms with Crippen LogP contribution in [0.2, 0.25) is 0 Å². The third-order valence-electron chi connectivity index (χ3n) is 5.10. The van der Waals surface area contributed by atoms with Crippen molar-refractivity contribution in [2.24, 2.45) is 0 Å². The lowest BCUT2D eigenvalue weighted by atomic mass is 10.1. The molecule has 0 radical (unpaired) electrons. The van der Waals surface area contributed by atoms with Crippen LogP contribution < -0.4 is 24.2 Å². The predicted molar refractivity (Wildman–Crippen MR) is 129 cm³/mol. The van der Waals surface area contributed by atoms with Crippen molar-refractivity contribution >= 4 is 15.9 Å². The van der Waals surface area contributed by atoms with Crippen molar-refractivity contribution < 1.29 is 27.4 Å². The van der Waals surface area contributed by atoms with Gasteiger partial charge < -0.3 is 19.5 Å². The third-order valence-corrected chi connectivity index (χ3v) is 6.52. The standard InChI is InChI=1S/C25H28N2O6S/c1-18(20-9-14-23(31-2)24(15-20)32-3)27-25(28)17-33-21-10-12-22(13-11-21)34(29,30)26-16-19-7-5-4-6-8-19/h4-15,18,26H,16-17H2,1-3H3,(H,27,28)/t18-/m1/s1. The molecule has 1 atom stereocenters. The lowest BCUT2D eigenvalue weighted by Crippen LogP contribution is -2.31. The Morgan fingerprint density at radius 3 is 2.24 bits per heavy atom. The van der Waals surface area contributed by atoms with Crippen LogP contribution >= 0.6 is 0 Å². The van der Waals surface area contributed by atoms with Gasteiger partial charge in [0, 0.05) is 6.54 Å². The average molecular weight is 485 g/mol. The van der Waals surface area contributed by atoms with E-state index in [1.54, 1.807) is 26.4 Å². The van der Waals surface area contributed by atoms with Gasteiger partial charge in [0.2, 0.25) is 10.0 Å². The topological polar surface area (TPSA) is 103 Å². The molecule has 0 saturated heterocycles. The quantitative estimate of drug-likeness (QED) is 0.432. The van der Waals surface area contributed by atoms with Crippen molar-refractivity contribution in [3.63, 3.8) is 0 Å². The molecule has 0 fully saturated rings. The minimum atomic E-state index is -3.67. The van der Waals surface area contributed by atoms with E-state index in [2.05, 4.69) is 10.0 Å². The van der Waals surface area contributed by atoms with E-state index in [0.29, 0.717) is 17.2 Å². The molecule has 0 heterocycles. The largest absolute Gasteiger partial charge is 0.493 e. The fraction of sp³-hybridized carbons (Fsp3) is 0.240. The molecule has 0 aliphatic carbocycles. The molecule has 0 spiro atoms. The number of amides is 1. The van der Waals surface area contributed by atoms with Crippen LogP contribution in [0.15, 0.2) is 77.7 Å². The summed E-state index contributed by atoms with van der Waals surface area (Å²) in [6.45, 7) is 1.83. The summed E-state index contributed by atoms with van der Waals surface area (Å²) < 4.78 is 43.6. The number of rotatable bonds is 11. The van der Waals surface area contributed by atoms with Gasteiger partial charge in [-0.1, -0.05) is 36.4 Å². The van der Waals surface area contributed by atoms with Crippen molar-refractivity contribution in [3.05, 3.63) is 83.9 Å². The van der Waals surface area contributed by atoms with Gasteiger partial charge in [0.15, 0.2) is 18.1 Å². The van der Waals surface area contributed by atoms with Crippen LogP contribution in [0, 0.1) is 0 Å². The van der Waals surface area contributed by atoms with Crippen LogP contribution in [-0.2, 0) is 21.4 Å². The van der Waals surface area contributed by atoms with E-state index in [4.69, 9.17) is 14.2 Å². The molecule has 180 valence electrons. The van der Waals surface area contributed by atoms with Crippen molar-refractivity contribution in [3.8, 4) is 17.2 Å². The Labute approximate surface area is 199 Å². The molecule has 9 heteroatoms. The second-order valence-corrected chi connectivity index (χ2v) is 9.24. The van der Waals surface area contributed by atoms with Gasteiger partial charge in [0.25, 0.3) is 5.91 Å². The van der Waals surface area contributed by atoms with Crippen LogP contribution in [0.4, 0.5) is 0 Å². The zero-order valence-corrected chi connectivity index (χ0v) is 20.1. The van der Waals surface area contributed by atoms with Crippen LogP contribution in [-0.4, -0.2) is 35.2 Å². The molecule has 0 aliphatic rings. The number of carbonyl (C=O) groups excluding carboxylic acids is 1. The molecule has 8 nitrogen and oxygen atoms in total. The molecule has 1 amide bonds. The third kappa shape index (κ3) is 6.72. The fourth-order valence-corrected chi connectivity index (χ4v) is 4.23. The lowest BCUT2D eigenvalue weighted by Gasteiger charge is -2.17. The Kier molecular flexibility index (Phi) is 8.50. The highest BCUT2D eigenvalue weighted by molar-refractivity contribution is 7.89. The van der Waals surface area contributed by atoms with Gasteiger partial charge in [-0.05, 0) is 54.4 Å². The van der Waals surface area contributed by atoms with Crippen LogP contribution in [0.3, 0.4) is 0 Å². The fourth-order valence-electron chi connectivity index (χ4n) is 3.21. The first-order chi connectivity index (χ1) is 16.3. The molecule has 3 rings (SSSR count). The van der Waals surface area contributed by atoms with Crippen LogP contribution in [0.1, 0.15) is 24.1 Å². The molecule has 3 aromatic carbocycles. The van der Waals surface area contributed by atoms with Gasteiger partial charge in [-0.15, -0.1) is 0 Å². The lowest BCUT2D eigenvalue weighted by molar-refractivity contribution is -0.123. The highest BCUT2D eigenvalue weighted by Crippen LogP contribution is 2.29. The van der Waals surface area contributed by atoms with E-state index < -0.39 is 10.0 Å². The Morgan fingerprint density at radius 1 is 0.912 bits per heavy atom. The van der Waals surface area contributed by atoms with Gasteiger partial charge in [-0.25, -0.2) is 13.1 Å². The van der Waals surface area contributed by atoms with Crippen molar-refractivity contribution in [1.29, 1.82) is 0 Å². The van der Waals surface area contributed by atoms with Gasteiger partial charge in [-0.3, -0.25) is 4.79 Å². The van der Waals surface area contributed by atoms with Crippen molar-refractivity contribution in [1.82, 2.24) is 10.0 Å². The highest BCUT2D eigenvalue weighted by Gasteiger charge is 2.15. The molecular weight excluding hydrogens is 456 g/mol. The highest BCUT2D eigenvalue weighted by atomic mass is 32.2. The minimum Gasteiger partial charge on any atom is -0.493 e. The van der Waals surface area contributed by atoms with Gasteiger partial charge in [0.1, 0.15) is 5.75 Å². The summed E-state index contributed by atoms with van der Waals surface area (Å²) in [6.07, 6.45) is 0. The first kappa shape index (κ1) is 25.1. The first-order valence-corrected chi connectivity index (χ1v) is 12.1. The molecule has 2 N–H and O–H groups in total. The maximum absolute atomic E-state index is 12.5. The van der Waals surface area contributed by atoms with E-state index >= 15 is 0 Å². The van der Waals surface area contributed by atoms with Crippen molar-refractivity contribution in [2.45, 2.75) is 24.4 Å². The molecule has 0 bridgehead atoms. The Bertz CT molecular complexity index is 1200. The number of ether oxygens (including phenoxy) is 3. The summed E-state index contributed by atoms with van der Waals surface area (Å²) >= 11 is 0. The van der Waals surface area contributed by atoms with E-state index in [-0.39, 0.29) is 30.0 Å². The Morgan fingerprint density at radius 2 is 1.59 bits per heavy atom. The van der Waals surface area contributed by atoms with E-state index in [9.17, 15) is 13.2 Å². The van der Waals surface area contributed by atoms with E-state index in [1.807, 2.05) is 43.3 Å². The average Bonchev–Trinajstić information content (AvgIpc) is 2.86. The number of methoxy groups -OCH3 is 2. The second kappa shape index (κ2) is 11.5. The zero-order chi connectivity index (χ0) is 24.6. The summed E-state index contributed by atoms with van der Waals surface area (Å²) in [4.78, 5) is 12.4. The monoisotopic (exact) mass is 484 g/mol. The van der Waals surface area contributed by atoms with Gasteiger partial charge >= 0.3 is 0 Å². The van der Waals surface area contributed by atoms with E-state index in [0.717, 1.165) is 11.1 Å². The molecule has 0 aromatic heterocycles. The molecule has 3 aromatic rings. The van der Waals surface area contributed by atoms with Gasteiger partial charge in [-0.2, -0.15) is 0 Å². The van der Waals surface area contributed by atoms with Crippen LogP contribution in [0.25, 0.3) is 0 Å². The first-order valence-electron chi connectivity index (χ1n) is 10.6. The van der Waals surface area contributed by atoms with Crippen LogP contribution in [0.5, 0.6) is 17.2 Å². The number of hydrogen-bond acceptors (Lipinski definition) is 6. The minimum absolute atomic E-state index is 0.113. The number of carbonyl (C=O) groups is 1. The summed E-state index contributed by atoms with van der Waals surface area (Å²) in [7, 11) is -0.559. The molecule has 0 aliphatic heterocycles. The SMILES string of the molecule is COc1ccc([C@@H](C)NC(=O)COc2ccc(S(=O)(=O)NCc3ccccc3)cc2)cc1OC. The summed E-state index contributed by atoms with van der Waals surface area (Å²) in [5, 5.41) is 2.86. The summed E-state index contributed by atoms with van der Waals surface area (Å²) in [5.41, 5.74) is 1.71. The molecule has 34 heavy (non-hydrogen) atoms. The van der Waals surface area contributed by atoms with Crippen molar-refractivity contribution in [2.75, 3.05) is 20.8 Å². The zero-order valence-electron chi connectivity index (χ0n) is 19.3. The van der Waals surface area contributed by atoms with Gasteiger partial charge in [0.05, 0.1) is 25.2 Å². The summed E-state index contributed by atoms with van der Waals surface area (Å²) in [5.74, 6) is 1.25. The molecule has 0 saturated carbocycles.